The van der Waals surface area contributed by atoms with E-state index in [2.05, 4.69) is 228 Å². The Morgan fingerprint density at radius 2 is 0.698 bits per heavy atom. The van der Waals surface area contributed by atoms with Crippen LogP contribution in [0.1, 0.15) is 0 Å². The first kappa shape index (κ1) is 35.4. The molecule has 294 valence electrons. The van der Waals surface area contributed by atoms with Crippen LogP contribution in [0.5, 0.6) is 0 Å². The number of hydrogen-bond acceptors (Lipinski definition) is 1. The highest BCUT2D eigenvalue weighted by atomic mass is 16.3. The molecule has 0 N–H and O–H groups in total. The molecule has 10 aromatic carbocycles. The minimum Gasteiger partial charge on any atom is -0.456 e. The van der Waals surface area contributed by atoms with Crippen LogP contribution in [-0.2, 0) is 0 Å². The number of furan rings is 1. The van der Waals surface area contributed by atoms with Crippen LogP contribution in [0, 0.1) is 0 Å². The smallest absolute Gasteiger partial charge is 0.135 e. The van der Waals surface area contributed by atoms with E-state index in [-0.39, 0.29) is 0 Å². The van der Waals surface area contributed by atoms with Crippen molar-refractivity contribution in [1.82, 2.24) is 9.13 Å². The molecule has 0 aliphatic rings. The molecule has 3 aromatic heterocycles. The molecule has 3 heteroatoms. The first-order valence-electron chi connectivity index (χ1n) is 21.6. The molecular formula is C60H38N2O. The third-order valence-electron chi connectivity index (χ3n) is 12.9. The SMILES string of the molecule is c1ccc(-c2cccc(-c3ccc4c5cc(-c6ccc7c(c6)c6ccccc6n7-c6ccc7oc8ccccc8c7c6)ccc5n(-c5cccc(-c6ccccc6)c5)c4c3)c2)cc1. The van der Waals surface area contributed by atoms with Crippen molar-refractivity contribution in [2.45, 2.75) is 0 Å². The van der Waals surface area contributed by atoms with Gasteiger partial charge in [-0.25, -0.2) is 0 Å². The highest BCUT2D eigenvalue weighted by Gasteiger charge is 2.18. The number of nitrogens with zero attached hydrogens (tertiary/aromatic N) is 2. The van der Waals surface area contributed by atoms with Gasteiger partial charge in [0.05, 0.1) is 22.1 Å². The van der Waals surface area contributed by atoms with Gasteiger partial charge in [0, 0.05) is 43.7 Å². The van der Waals surface area contributed by atoms with Crippen LogP contribution in [0.15, 0.2) is 235 Å². The predicted molar refractivity (Wildman–Crippen MR) is 264 cm³/mol. The van der Waals surface area contributed by atoms with Crippen molar-refractivity contribution in [3.63, 3.8) is 0 Å². The van der Waals surface area contributed by atoms with Gasteiger partial charge in [0.1, 0.15) is 11.2 Å². The van der Waals surface area contributed by atoms with Gasteiger partial charge in [-0.1, -0.05) is 152 Å². The average molecular weight is 803 g/mol. The Hall–Kier alpha value is -8.40. The summed E-state index contributed by atoms with van der Waals surface area (Å²) in [5, 5.41) is 7.15. The number of para-hydroxylation sites is 2. The summed E-state index contributed by atoms with van der Waals surface area (Å²) in [5.74, 6) is 0. The quantitative estimate of drug-likeness (QED) is 0.164. The van der Waals surface area contributed by atoms with Gasteiger partial charge in [-0.2, -0.15) is 0 Å². The molecule has 13 aromatic rings. The van der Waals surface area contributed by atoms with E-state index in [1.807, 2.05) is 12.1 Å². The zero-order valence-corrected chi connectivity index (χ0v) is 34.2. The molecule has 0 saturated carbocycles. The van der Waals surface area contributed by atoms with Gasteiger partial charge < -0.3 is 13.6 Å². The van der Waals surface area contributed by atoms with Crippen LogP contribution in [-0.4, -0.2) is 9.13 Å². The molecule has 0 aliphatic heterocycles. The van der Waals surface area contributed by atoms with Crippen LogP contribution in [0.2, 0.25) is 0 Å². The lowest BCUT2D eigenvalue weighted by Crippen LogP contribution is -1.95. The average Bonchev–Trinajstić information content (AvgIpc) is 4.01. The molecule has 0 amide bonds. The summed E-state index contributed by atoms with van der Waals surface area (Å²) >= 11 is 0. The maximum atomic E-state index is 6.21. The van der Waals surface area contributed by atoms with Crippen molar-refractivity contribution in [2.24, 2.45) is 0 Å². The van der Waals surface area contributed by atoms with Gasteiger partial charge in [0.25, 0.3) is 0 Å². The monoisotopic (exact) mass is 802 g/mol. The highest BCUT2D eigenvalue weighted by Crippen LogP contribution is 2.41. The normalized spacial score (nSPS) is 11.8. The Balaban J connectivity index is 0.980. The van der Waals surface area contributed by atoms with Crippen molar-refractivity contribution in [2.75, 3.05) is 0 Å². The molecule has 0 spiro atoms. The summed E-state index contributed by atoms with van der Waals surface area (Å²) in [6.07, 6.45) is 0. The fraction of sp³-hybridized carbons (Fsp3) is 0. The number of hydrogen-bond donors (Lipinski definition) is 0. The van der Waals surface area contributed by atoms with Crippen LogP contribution >= 0.6 is 0 Å². The summed E-state index contributed by atoms with van der Waals surface area (Å²) in [6, 6.07) is 83.6. The Kier molecular flexibility index (Phi) is 7.91. The van der Waals surface area contributed by atoms with E-state index in [1.165, 1.54) is 88.1 Å². The van der Waals surface area contributed by atoms with E-state index in [0.29, 0.717) is 0 Å². The zero-order chi connectivity index (χ0) is 41.4. The van der Waals surface area contributed by atoms with E-state index in [9.17, 15) is 0 Å². The molecule has 13 rings (SSSR count). The molecule has 3 heterocycles. The Morgan fingerprint density at radius 3 is 1.43 bits per heavy atom. The molecule has 0 unspecified atom stereocenters. The number of fused-ring (bicyclic) bond motifs is 9. The maximum Gasteiger partial charge on any atom is 0.135 e. The second-order valence-electron chi connectivity index (χ2n) is 16.5. The molecule has 0 radical (unpaired) electrons. The van der Waals surface area contributed by atoms with Gasteiger partial charge in [-0.15, -0.1) is 0 Å². The molecule has 0 saturated heterocycles. The third kappa shape index (κ3) is 5.75. The van der Waals surface area contributed by atoms with Gasteiger partial charge in [-0.3, -0.25) is 0 Å². The first-order chi connectivity index (χ1) is 31.2. The van der Waals surface area contributed by atoms with Crippen molar-refractivity contribution in [3.8, 4) is 55.9 Å². The van der Waals surface area contributed by atoms with Crippen LogP contribution in [0.4, 0.5) is 0 Å². The van der Waals surface area contributed by atoms with Gasteiger partial charge in [-0.05, 0) is 123 Å². The molecule has 3 nitrogen and oxygen atoms in total. The lowest BCUT2D eigenvalue weighted by Gasteiger charge is -2.12. The lowest BCUT2D eigenvalue weighted by atomic mass is 9.97. The van der Waals surface area contributed by atoms with Gasteiger partial charge in [0.15, 0.2) is 0 Å². The fourth-order valence-corrected chi connectivity index (χ4v) is 9.91. The summed E-state index contributed by atoms with van der Waals surface area (Å²) in [4.78, 5) is 0. The Bertz CT molecular complexity index is 3900. The molecule has 0 aliphatic carbocycles. The van der Waals surface area contributed by atoms with E-state index < -0.39 is 0 Å². The van der Waals surface area contributed by atoms with Crippen LogP contribution in [0.25, 0.3) is 121 Å². The van der Waals surface area contributed by atoms with Crippen molar-refractivity contribution >= 4 is 65.6 Å². The zero-order valence-electron chi connectivity index (χ0n) is 34.2. The highest BCUT2D eigenvalue weighted by molar-refractivity contribution is 6.14. The minimum absolute atomic E-state index is 0.900. The minimum atomic E-state index is 0.900. The van der Waals surface area contributed by atoms with Gasteiger partial charge in [0.2, 0.25) is 0 Å². The lowest BCUT2D eigenvalue weighted by molar-refractivity contribution is 0.669. The van der Waals surface area contributed by atoms with Crippen molar-refractivity contribution < 1.29 is 4.42 Å². The molecule has 0 fully saturated rings. The standard InChI is InChI=1S/C60H38N2O/c1-3-13-39(14-4-1)41-17-11-18-42(33-41)46-25-29-50-53-36-45(27-31-57(53)62(58(50)37-46)47-20-12-19-43(34-47)40-15-5-2-6-16-40)44-26-30-56-52(35-44)49-21-7-9-23-55(49)61(56)48-28-32-60-54(38-48)51-22-8-10-24-59(51)63-60/h1-38H. The number of aromatic nitrogens is 2. The van der Waals surface area contributed by atoms with Crippen LogP contribution in [0.3, 0.4) is 0 Å². The van der Waals surface area contributed by atoms with Crippen molar-refractivity contribution in [1.29, 1.82) is 0 Å². The molecule has 63 heavy (non-hydrogen) atoms. The van der Waals surface area contributed by atoms with E-state index in [1.54, 1.807) is 0 Å². The second-order valence-corrected chi connectivity index (χ2v) is 16.5. The predicted octanol–water partition coefficient (Wildman–Crippen LogP) is 16.4. The second kappa shape index (κ2) is 14.1. The number of rotatable bonds is 6. The summed E-state index contributed by atoms with van der Waals surface area (Å²) in [6.45, 7) is 0. The third-order valence-corrected chi connectivity index (χ3v) is 12.9. The topological polar surface area (TPSA) is 23.0 Å². The largest absolute Gasteiger partial charge is 0.456 e. The number of benzene rings is 10. The first-order valence-corrected chi connectivity index (χ1v) is 21.6. The maximum absolute atomic E-state index is 6.21. The summed E-state index contributed by atoms with van der Waals surface area (Å²) in [7, 11) is 0. The van der Waals surface area contributed by atoms with E-state index in [0.717, 1.165) is 33.3 Å². The Labute approximate surface area is 363 Å². The van der Waals surface area contributed by atoms with Crippen molar-refractivity contribution in [3.05, 3.63) is 231 Å². The molecule has 0 bridgehead atoms. The summed E-state index contributed by atoms with van der Waals surface area (Å²) < 4.78 is 11.0. The molecule has 0 atom stereocenters. The fourth-order valence-electron chi connectivity index (χ4n) is 9.91. The van der Waals surface area contributed by atoms with E-state index in [4.69, 9.17) is 4.42 Å². The molecular weight excluding hydrogens is 765 g/mol. The van der Waals surface area contributed by atoms with Crippen LogP contribution < -0.4 is 0 Å². The van der Waals surface area contributed by atoms with Gasteiger partial charge >= 0.3 is 0 Å². The summed E-state index contributed by atoms with van der Waals surface area (Å²) in [5.41, 5.74) is 18.3. The van der Waals surface area contributed by atoms with E-state index >= 15 is 0 Å². The Morgan fingerprint density at radius 1 is 0.222 bits per heavy atom.